The lowest BCUT2D eigenvalue weighted by Gasteiger charge is -1.81. The van der Waals surface area contributed by atoms with E-state index in [9.17, 15) is 4.39 Å². The predicted octanol–water partition coefficient (Wildman–Crippen LogP) is 2.50. The minimum Gasteiger partial charge on any atom is -0.207 e. The van der Waals surface area contributed by atoms with Crippen molar-refractivity contribution in [2.45, 2.75) is 6.92 Å². The first kappa shape index (κ1) is 8.64. The van der Waals surface area contributed by atoms with E-state index in [1.54, 1.807) is 13.0 Å². The summed E-state index contributed by atoms with van der Waals surface area (Å²) in [5.41, 5.74) is 0.247. The Morgan fingerprint density at radius 1 is 1.60 bits per heavy atom. The molecule has 0 unspecified atom stereocenters. The van der Waals surface area contributed by atoms with Crippen LogP contribution < -0.4 is 0 Å². The molecule has 0 aromatic carbocycles. The average molecular weight is 137 g/mol. The molecular weight excluding hydrogens is 129 g/mol. The van der Waals surface area contributed by atoms with Gasteiger partial charge in [0.15, 0.2) is 0 Å². The molecule has 0 N–H and O–H groups in total. The first-order valence-electron chi connectivity index (χ1n) is 2.79. The highest BCUT2D eigenvalue weighted by atomic mass is 19.1. The molecule has 0 saturated carbocycles. The third-order valence-corrected chi connectivity index (χ3v) is 0.863. The van der Waals surface area contributed by atoms with Crippen LogP contribution in [0.25, 0.3) is 0 Å². The van der Waals surface area contributed by atoms with Gasteiger partial charge in [-0.05, 0) is 19.1 Å². The van der Waals surface area contributed by atoms with E-state index in [0.717, 1.165) is 0 Å². The smallest absolute Gasteiger partial charge is 0.118 e. The fourth-order valence-corrected chi connectivity index (χ4v) is 0.314. The highest BCUT2D eigenvalue weighted by molar-refractivity contribution is 5.32. The van der Waals surface area contributed by atoms with Crippen molar-refractivity contribution in [2.24, 2.45) is 0 Å². The molecule has 0 aromatic heterocycles. The van der Waals surface area contributed by atoms with Crippen LogP contribution in [-0.4, -0.2) is 0 Å². The van der Waals surface area contributed by atoms with Gasteiger partial charge in [-0.2, -0.15) is 5.26 Å². The Kier molecular flexibility index (Phi) is 3.90. The molecular formula is C8H8FN. The van der Waals surface area contributed by atoms with E-state index in [1.165, 1.54) is 18.2 Å². The summed E-state index contributed by atoms with van der Waals surface area (Å²) in [7, 11) is 0. The number of nitrogens with zero attached hydrogens (tertiary/aromatic N) is 1. The molecule has 0 radical (unpaired) electrons. The van der Waals surface area contributed by atoms with E-state index < -0.39 is 0 Å². The van der Waals surface area contributed by atoms with Gasteiger partial charge in [-0.1, -0.05) is 12.7 Å². The Morgan fingerprint density at radius 3 is 2.60 bits per heavy atom. The van der Waals surface area contributed by atoms with Gasteiger partial charge in [0, 0.05) is 5.57 Å². The first-order valence-corrected chi connectivity index (χ1v) is 2.79. The largest absolute Gasteiger partial charge is 0.207 e. The molecule has 0 aromatic rings. The Balaban J connectivity index is 4.04. The number of rotatable bonds is 2. The summed E-state index contributed by atoms with van der Waals surface area (Å²) in [5.74, 6) is -0.364. The lowest BCUT2D eigenvalue weighted by atomic mass is 10.3. The third-order valence-electron chi connectivity index (χ3n) is 0.863. The second-order valence-electron chi connectivity index (χ2n) is 1.64. The number of halogens is 1. The molecule has 52 valence electrons. The Bertz CT molecular complexity index is 218. The molecule has 0 spiro atoms. The fourth-order valence-electron chi connectivity index (χ4n) is 0.314. The van der Waals surface area contributed by atoms with Crippen molar-refractivity contribution in [1.29, 1.82) is 5.26 Å². The highest BCUT2D eigenvalue weighted by Crippen LogP contribution is 1.99. The Hall–Kier alpha value is -1.36. The highest BCUT2D eigenvalue weighted by Gasteiger charge is 1.83. The summed E-state index contributed by atoms with van der Waals surface area (Å²) < 4.78 is 12.3. The minimum atomic E-state index is -0.364. The monoisotopic (exact) mass is 137 g/mol. The van der Waals surface area contributed by atoms with Gasteiger partial charge in [-0.3, -0.25) is 0 Å². The van der Waals surface area contributed by atoms with Crippen molar-refractivity contribution in [3.8, 4) is 6.07 Å². The number of allylic oxidation sites excluding steroid dienone is 5. The van der Waals surface area contributed by atoms with Gasteiger partial charge in [-0.15, -0.1) is 0 Å². The summed E-state index contributed by atoms with van der Waals surface area (Å²) in [6, 6.07) is 1.77. The van der Waals surface area contributed by atoms with E-state index in [0.29, 0.717) is 0 Å². The molecule has 0 atom stereocenters. The van der Waals surface area contributed by atoms with E-state index in [2.05, 4.69) is 6.58 Å². The second kappa shape index (κ2) is 4.51. The van der Waals surface area contributed by atoms with Crippen LogP contribution in [0.15, 0.2) is 36.2 Å². The molecule has 0 rings (SSSR count). The SMILES string of the molecule is C=C(C#N)C=CC(F)=CC. The maximum Gasteiger partial charge on any atom is 0.118 e. The van der Waals surface area contributed by atoms with E-state index in [4.69, 9.17) is 5.26 Å². The summed E-state index contributed by atoms with van der Waals surface area (Å²) in [5, 5.41) is 8.18. The molecule has 0 amide bonds. The van der Waals surface area contributed by atoms with E-state index in [1.807, 2.05) is 0 Å². The van der Waals surface area contributed by atoms with Gasteiger partial charge in [0.1, 0.15) is 5.83 Å². The van der Waals surface area contributed by atoms with Crippen LogP contribution >= 0.6 is 0 Å². The van der Waals surface area contributed by atoms with Crippen LogP contribution in [0, 0.1) is 11.3 Å². The lowest BCUT2D eigenvalue weighted by molar-refractivity contribution is 0.665. The van der Waals surface area contributed by atoms with Gasteiger partial charge < -0.3 is 0 Å². The van der Waals surface area contributed by atoms with E-state index in [-0.39, 0.29) is 11.4 Å². The van der Waals surface area contributed by atoms with Crippen LogP contribution in [-0.2, 0) is 0 Å². The summed E-state index contributed by atoms with van der Waals surface area (Å²) in [4.78, 5) is 0. The molecule has 0 aliphatic heterocycles. The summed E-state index contributed by atoms with van der Waals surface area (Å²) in [6.45, 7) is 4.92. The normalized spacial score (nSPS) is 11.5. The Labute approximate surface area is 59.8 Å². The maximum absolute atomic E-state index is 12.3. The molecule has 10 heavy (non-hydrogen) atoms. The summed E-state index contributed by atoms with van der Waals surface area (Å²) in [6.07, 6.45) is 3.84. The molecule has 0 aliphatic carbocycles. The van der Waals surface area contributed by atoms with Gasteiger partial charge in [-0.25, -0.2) is 4.39 Å². The zero-order valence-corrected chi connectivity index (χ0v) is 5.76. The first-order chi connectivity index (χ1) is 4.70. The third kappa shape index (κ3) is 3.62. The van der Waals surface area contributed by atoms with Gasteiger partial charge in [0.25, 0.3) is 0 Å². The molecule has 0 aliphatic rings. The molecule has 0 saturated heterocycles. The van der Waals surface area contributed by atoms with Crippen molar-refractivity contribution in [3.05, 3.63) is 36.2 Å². The van der Waals surface area contributed by atoms with Crippen molar-refractivity contribution >= 4 is 0 Å². The van der Waals surface area contributed by atoms with Crippen LogP contribution in [0.3, 0.4) is 0 Å². The second-order valence-corrected chi connectivity index (χ2v) is 1.64. The summed E-state index contributed by atoms with van der Waals surface area (Å²) >= 11 is 0. The standard InChI is InChI=1S/C8H8FN/c1-3-8(9)5-4-7(2)6-10/h3-5H,2H2,1H3. The number of hydrogen-bond acceptors (Lipinski definition) is 1. The number of hydrogen-bond donors (Lipinski definition) is 0. The minimum absolute atomic E-state index is 0.247. The van der Waals surface area contributed by atoms with E-state index >= 15 is 0 Å². The number of nitriles is 1. The van der Waals surface area contributed by atoms with Crippen molar-refractivity contribution in [2.75, 3.05) is 0 Å². The maximum atomic E-state index is 12.3. The molecule has 0 heterocycles. The van der Waals surface area contributed by atoms with Crippen molar-refractivity contribution < 1.29 is 4.39 Å². The van der Waals surface area contributed by atoms with Crippen molar-refractivity contribution in [1.82, 2.24) is 0 Å². The predicted molar refractivity (Wildman–Crippen MR) is 38.8 cm³/mol. The van der Waals surface area contributed by atoms with Crippen LogP contribution in [0.4, 0.5) is 4.39 Å². The van der Waals surface area contributed by atoms with Crippen LogP contribution in [0.2, 0.25) is 0 Å². The zero-order chi connectivity index (χ0) is 7.98. The van der Waals surface area contributed by atoms with Crippen LogP contribution in [0.1, 0.15) is 6.92 Å². The Morgan fingerprint density at radius 2 is 2.20 bits per heavy atom. The van der Waals surface area contributed by atoms with Crippen LogP contribution in [0.5, 0.6) is 0 Å². The molecule has 1 nitrogen and oxygen atoms in total. The molecule has 0 bridgehead atoms. The lowest BCUT2D eigenvalue weighted by Crippen LogP contribution is -1.66. The quantitative estimate of drug-likeness (QED) is 0.423. The van der Waals surface area contributed by atoms with Crippen molar-refractivity contribution in [3.63, 3.8) is 0 Å². The van der Waals surface area contributed by atoms with Gasteiger partial charge >= 0.3 is 0 Å². The van der Waals surface area contributed by atoms with Gasteiger partial charge in [0.2, 0.25) is 0 Å². The molecule has 0 fully saturated rings. The zero-order valence-electron chi connectivity index (χ0n) is 5.76. The average Bonchev–Trinajstić information content (AvgIpc) is 1.99. The topological polar surface area (TPSA) is 23.8 Å². The molecule has 2 heteroatoms. The fraction of sp³-hybridized carbons (Fsp3) is 0.125. The van der Waals surface area contributed by atoms with Gasteiger partial charge in [0.05, 0.1) is 6.07 Å².